The molecular weight excluding hydrogens is 298 g/mol. The van der Waals surface area contributed by atoms with Gasteiger partial charge < -0.3 is 0 Å². The quantitative estimate of drug-likeness (QED) is 0.832. The Kier molecular flexibility index (Phi) is 4.22. The van der Waals surface area contributed by atoms with Crippen molar-refractivity contribution in [1.82, 2.24) is 4.31 Å². The number of benzene rings is 1. The summed E-state index contributed by atoms with van der Waals surface area (Å²) in [7, 11) is -5.28. The Bertz CT molecular complexity index is 678. The van der Waals surface area contributed by atoms with Crippen LogP contribution in [0.1, 0.15) is 18.9 Å². The molecule has 1 unspecified atom stereocenters. The molecule has 1 aliphatic heterocycles. The van der Waals surface area contributed by atoms with E-state index >= 15 is 0 Å². The third-order valence-electron chi connectivity index (χ3n) is 3.73. The van der Waals surface area contributed by atoms with E-state index in [1.165, 1.54) is 11.4 Å². The van der Waals surface area contributed by atoms with Gasteiger partial charge in [-0.05, 0) is 30.5 Å². The summed E-state index contributed by atoms with van der Waals surface area (Å²) in [6.07, 6.45) is 1.21. The third-order valence-corrected chi connectivity index (χ3v) is 7.41. The monoisotopic (exact) mass is 317 g/mol. The van der Waals surface area contributed by atoms with Gasteiger partial charge in [-0.1, -0.05) is 19.1 Å². The molecule has 1 aliphatic rings. The van der Waals surface area contributed by atoms with Crippen molar-refractivity contribution in [2.45, 2.75) is 30.7 Å². The van der Waals surface area contributed by atoms with Gasteiger partial charge >= 0.3 is 0 Å². The highest BCUT2D eigenvalue weighted by Crippen LogP contribution is 2.23. The van der Waals surface area contributed by atoms with E-state index in [0.717, 1.165) is 12.0 Å². The average Bonchev–Trinajstić information content (AvgIpc) is 2.78. The van der Waals surface area contributed by atoms with Gasteiger partial charge in [-0.25, -0.2) is 16.8 Å². The van der Waals surface area contributed by atoms with Gasteiger partial charge in [0.25, 0.3) is 0 Å². The molecule has 1 fully saturated rings. The summed E-state index contributed by atoms with van der Waals surface area (Å²) >= 11 is 0. The van der Waals surface area contributed by atoms with E-state index in [1.54, 1.807) is 24.3 Å². The number of hydrogen-bond donors (Lipinski definition) is 0. The van der Waals surface area contributed by atoms with Crippen molar-refractivity contribution in [3.05, 3.63) is 29.8 Å². The molecule has 1 aromatic rings. The first-order chi connectivity index (χ1) is 9.26. The smallest absolute Gasteiger partial charge is 0.229 e. The predicted octanol–water partition coefficient (Wildman–Crippen LogP) is 1.06. The Morgan fingerprint density at radius 3 is 2.30 bits per heavy atom. The predicted molar refractivity (Wildman–Crippen MR) is 77.8 cm³/mol. The molecule has 0 N–H and O–H groups in total. The summed E-state index contributed by atoms with van der Waals surface area (Å²) in [6, 6.07) is 6.26. The van der Waals surface area contributed by atoms with Gasteiger partial charge in [0, 0.05) is 13.1 Å². The van der Waals surface area contributed by atoms with Gasteiger partial charge in [-0.3, -0.25) is 0 Å². The number of aryl methyl sites for hydroxylation is 1. The van der Waals surface area contributed by atoms with Gasteiger partial charge in [-0.15, -0.1) is 0 Å². The fraction of sp³-hybridized carbons (Fsp3) is 0.538. The molecular formula is C13H19NO4S2. The minimum Gasteiger partial charge on any atom is -0.229 e. The van der Waals surface area contributed by atoms with Crippen LogP contribution < -0.4 is 0 Å². The molecule has 20 heavy (non-hydrogen) atoms. The molecule has 0 bridgehead atoms. The highest BCUT2D eigenvalue weighted by Gasteiger charge is 2.36. The van der Waals surface area contributed by atoms with Crippen LogP contribution in [-0.2, 0) is 26.3 Å². The molecule has 0 radical (unpaired) electrons. The van der Waals surface area contributed by atoms with Crippen molar-refractivity contribution in [2.75, 3.05) is 18.6 Å². The number of hydrogen-bond acceptors (Lipinski definition) is 4. The fourth-order valence-electron chi connectivity index (χ4n) is 2.32. The maximum Gasteiger partial charge on any atom is 0.243 e. The molecule has 7 heteroatoms. The van der Waals surface area contributed by atoms with E-state index < -0.39 is 25.9 Å². The van der Waals surface area contributed by atoms with Crippen molar-refractivity contribution in [3.63, 3.8) is 0 Å². The highest BCUT2D eigenvalue weighted by molar-refractivity contribution is 7.92. The summed E-state index contributed by atoms with van der Waals surface area (Å²) in [4.78, 5) is 0.210. The maximum absolute atomic E-state index is 12.5. The second kappa shape index (κ2) is 5.46. The maximum atomic E-state index is 12.5. The van der Waals surface area contributed by atoms with Gasteiger partial charge in [-0.2, -0.15) is 4.31 Å². The summed E-state index contributed by atoms with van der Waals surface area (Å²) < 4.78 is 49.1. The van der Waals surface area contributed by atoms with Gasteiger partial charge in [0.1, 0.15) is 0 Å². The Hall–Kier alpha value is -0.920. The van der Waals surface area contributed by atoms with Gasteiger partial charge in [0.05, 0.1) is 16.4 Å². The number of sulfone groups is 1. The van der Waals surface area contributed by atoms with Crippen molar-refractivity contribution < 1.29 is 16.8 Å². The van der Waals surface area contributed by atoms with E-state index in [-0.39, 0.29) is 16.4 Å². The molecule has 0 spiro atoms. The first kappa shape index (κ1) is 15.5. The topological polar surface area (TPSA) is 71.5 Å². The van der Waals surface area contributed by atoms with Crippen LogP contribution in [0.5, 0.6) is 0 Å². The van der Waals surface area contributed by atoms with Crippen LogP contribution in [0.3, 0.4) is 0 Å². The Labute approximate surface area is 120 Å². The lowest BCUT2D eigenvalue weighted by Gasteiger charge is -2.22. The van der Waals surface area contributed by atoms with Crippen LogP contribution in [0.15, 0.2) is 29.2 Å². The lowest BCUT2D eigenvalue weighted by molar-refractivity contribution is 0.394. The number of rotatable bonds is 4. The first-order valence-corrected chi connectivity index (χ1v) is 9.80. The van der Waals surface area contributed by atoms with Crippen LogP contribution >= 0.6 is 0 Å². The zero-order chi connectivity index (χ0) is 15.0. The molecule has 1 aromatic carbocycles. The van der Waals surface area contributed by atoms with Crippen molar-refractivity contribution in [3.8, 4) is 0 Å². The van der Waals surface area contributed by atoms with E-state index in [2.05, 4.69) is 0 Å². The van der Waals surface area contributed by atoms with Crippen LogP contribution in [0.4, 0.5) is 0 Å². The number of sulfonamides is 1. The molecule has 1 heterocycles. The standard InChI is InChI=1S/C13H19NO4S2/c1-3-11-4-6-13(7-5-11)20(17,18)14(2)12-8-9-19(15,16)10-12/h4-7,12H,3,8-10H2,1-2H3. The van der Waals surface area contributed by atoms with Crippen LogP contribution in [0.2, 0.25) is 0 Å². The van der Waals surface area contributed by atoms with E-state index in [0.29, 0.717) is 6.42 Å². The van der Waals surface area contributed by atoms with Crippen LogP contribution in [0, 0.1) is 0 Å². The molecule has 0 amide bonds. The van der Waals surface area contributed by atoms with E-state index in [4.69, 9.17) is 0 Å². The molecule has 5 nitrogen and oxygen atoms in total. The SMILES string of the molecule is CCc1ccc(S(=O)(=O)N(C)C2CCS(=O)(=O)C2)cc1. The summed E-state index contributed by atoms with van der Waals surface area (Å²) in [5.74, 6) is -0.0257. The minimum absolute atomic E-state index is 0.0618. The van der Waals surface area contributed by atoms with Gasteiger partial charge in [0.2, 0.25) is 10.0 Å². The van der Waals surface area contributed by atoms with Crippen molar-refractivity contribution in [2.24, 2.45) is 0 Å². The van der Waals surface area contributed by atoms with Crippen LogP contribution in [-0.4, -0.2) is 45.7 Å². The van der Waals surface area contributed by atoms with Crippen molar-refractivity contribution in [1.29, 1.82) is 0 Å². The lowest BCUT2D eigenvalue weighted by Crippen LogP contribution is -2.37. The van der Waals surface area contributed by atoms with Crippen LogP contribution in [0.25, 0.3) is 0 Å². The summed E-state index contributed by atoms with van der Waals surface area (Å²) in [5, 5.41) is 0. The summed E-state index contributed by atoms with van der Waals surface area (Å²) in [6.45, 7) is 2.00. The zero-order valence-electron chi connectivity index (χ0n) is 11.6. The Morgan fingerprint density at radius 2 is 1.85 bits per heavy atom. The van der Waals surface area contributed by atoms with E-state index in [9.17, 15) is 16.8 Å². The molecule has 0 saturated carbocycles. The fourth-order valence-corrected chi connectivity index (χ4v) is 5.58. The molecule has 0 aromatic heterocycles. The Morgan fingerprint density at radius 1 is 1.25 bits per heavy atom. The molecule has 112 valence electrons. The second-order valence-corrected chi connectivity index (χ2v) is 9.30. The summed E-state index contributed by atoms with van der Waals surface area (Å²) in [5.41, 5.74) is 1.06. The molecule has 1 atom stereocenters. The first-order valence-electron chi connectivity index (χ1n) is 6.53. The van der Waals surface area contributed by atoms with Crippen molar-refractivity contribution >= 4 is 19.9 Å². The second-order valence-electron chi connectivity index (χ2n) is 5.08. The highest BCUT2D eigenvalue weighted by atomic mass is 32.2. The molecule has 2 rings (SSSR count). The zero-order valence-corrected chi connectivity index (χ0v) is 13.2. The normalized spacial score (nSPS) is 22.2. The molecule has 1 saturated heterocycles. The Balaban J connectivity index is 2.25. The minimum atomic E-state index is -3.63. The number of nitrogens with zero attached hydrogens (tertiary/aromatic N) is 1. The molecule has 0 aliphatic carbocycles. The largest absolute Gasteiger partial charge is 0.243 e. The average molecular weight is 317 g/mol. The lowest BCUT2D eigenvalue weighted by atomic mass is 10.2. The van der Waals surface area contributed by atoms with Gasteiger partial charge in [0.15, 0.2) is 9.84 Å². The third kappa shape index (κ3) is 3.05. The van der Waals surface area contributed by atoms with E-state index in [1.807, 2.05) is 6.92 Å².